The van der Waals surface area contributed by atoms with E-state index in [0.717, 1.165) is 0 Å². The summed E-state index contributed by atoms with van der Waals surface area (Å²) in [6.07, 6.45) is 0.625. The molecule has 1 atom stereocenters. The van der Waals surface area contributed by atoms with Crippen molar-refractivity contribution in [3.05, 3.63) is 60.3 Å². The monoisotopic (exact) mass is 244 g/mol. The number of hydrogen-bond acceptors (Lipinski definition) is 4. The van der Waals surface area contributed by atoms with Crippen LogP contribution in [0.25, 0.3) is 0 Å². The first-order chi connectivity index (χ1) is 8.81. The van der Waals surface area contributed by atoms with Gasteiger partial charge in [-0.05, 0) is 6.07 Å². The molecule has 18 heavy (non-hydrogen) atoms. The standard InChI is InChI=1S/C13H12N2O3/c16-13(15-17)12(10-6-2-1-3-7-10)18-11-8-4-5-9-14-11/h1-9,12,17H,(H,15,16). The van der Waals surface area contributed by atoms with E-state index in [-0.39, 0.29) is 0 Å². The lowest BCUT2D eigenvalue weighted by atomic mass is 10.1. The van der Waals surface area contributed by atoms with Crippen molar-refractivity contribution >= 4 is 5.91 Å². The Hall–Kier alpha value is -2.40. The van der Waals surface area contributed by atoms with Crippen LogP contribution in [-0.4, -0.2) is 16.1 Å². The number of carbonyl (C=O) groups excluding carboxylic acids is 1. The highest BCUT2D eigenvalue weighted by Gasteiger charge is 2.22. The van der Waals surface area contributed by atoms with Crippen molar-refractivity contribution in [3.8, 4) is 5.88 Å². The van der Waals surface area contributed by atoms with Gasteiger partial charge >= 0.3 is 0 Å². The van der Waals surface area contributed by atoms with E-state index in [1.54, 1.807) is 54.1 Å². The molecule has 92 valence electrons. The van der Waals surface area contributed by atoms with Gasteiger partial charge in [0.25, 0.3) is 5.91 Å². The average Bonchev–Trinajstić information content (AvgIpc) is 2.46. The van der Waals surface area contributed by atoms with Crippen molar-refractivity contribution in [1.29, 1.82) is 0 Å². The highest BCUT2D eigenvalue weighted by atomic mass is 16.5. The fourth-order valence-corrected chi connectivity index (χ4v) is 1.50. The first-order valence-corrected chi connectivity index (χ1v) is 5.38. The van der Waals surface area contributed by atoms with Gasteiger partial charge in [0.2, 0.25) is 12.0 Å². The molecule has 5 heteroatoms. The summed E-state index contributed by atoms with van der Waals surface area (Å²) >= 11 is 0. The fourth-order valence-electron chi connectivity index (χ4n) is 1.50. The summed E-state index contributed by atoms with van der Waals surface area (Å²) in [7, 11) is 0. The number of benzene rings is 1. The highest BCUT2D eigenvalue weighted by molar-refractivity contribution is 5.81. The molecule has 0 saturated heterocycles. The Morgan fingerprint density at radius 3 is 2.50 bits per heavy atom. The second-order valence-electron chi connectivity index (χ2n) is 3.55. The minimum Gasteiger partial charge on any atom is -0.459 e. The van der Waals surface area contributed by atoms with E-state index >= 15 is 0 Å². The normalized spacial score (nSPS) is 11.6. The zero-order valence-electron chi connectivity index (χ0n) is 9.48. The predicted octanol–water partition coefficient (Wildman–Crippen LogP) is 1.71. The van der Waals surface area contributed by atoms with Crippen LogP contribution >= 0.6 is 0 Å². The maximum atomic E-state index is 11.6. The maximum absolute atomic E-state index is 11.6. The number of nitrogens with zero attached hydrogens (tertiary/aromatic N) is 1. The molecule has 2 rings (SSSR count). The van der Waals surface area contributed by atoms with Gasteiger partial charge in [0.05, 0.1) is 0 Å². The number of hydroxylamine groups is 1. The lowest BCUT2D eigenvalue weighted by Crippen LogP contribution is -2.30. The predicted molar refractivity (Wildman–Crippen MR) is 64.0 cm³/mol. The molecule has 1 amide bonds. The molecule has 1 aromatic carbocycles. The van der Waals surface area contributed by atoms with Crippen LogP contribution in [0.3, 0.4) is 0 Å². The molecule has 0 aliphatic heterocycles. The molecule has 2 aromatic rings. The molecule has 1 unspecified atom stereocenters. The van der Waals surface area contributed by atoms with Gasteiger partial charge in [-0.2, -0.15) is 0 Å². The van der Waals surface area contributed by atoms with Crippen LogP contribution in [0.4, 0.5) is 0 Å². The van der Waals surface area contributed by atoms with Crippen LogP contribution in [0.5, 0.6) is 5.88 Å². The van der Waals surface area contributed by atoms with Crippen LogP contribution < -0.4 is 10.2 Å². The number of pyridine rings is 1. The topological polar surface area (TPSA) is 71.5 Å². The first-order valence-electron chi connectivity index (χ1n) is 5.38. The van der Waals surface area contributed by atoms with Crippen molar-refractivity contribution in [2.75, 3.05) is 0 Å². The van der Waals surface area contributed by atoms with Gasteiger partial charge in [-0.25, -0.2) is 10.5 Å². The third-order valence-electron chi connectivity index (χ3n) is 2.33. The van der Waals surface area contributed by atoms with Crippen molar-refractivity contribution in [3.63, 3.8) is 0 Å². The van der Waals surface area contributed by atoms with Crippen molar-refractivity contribution < 1.29 is 14.7 Å². The van der Waals surface area contributed by atoms with Gasteiger partial charge in [0.15, 0.2) is 0 Å². The van der Waals surface area contributed by atoms with Gasteiger partial charge in [-0.3, -0.25) is 10.0 Å². The molecule has 0 saturated carbocycles. The average molecular weight is 244 g/mol. The number of aromatic nitrogens is 1. The number of rotatable bonds is 4. The first kappa shape index (κ1) is 12.1. The van der Waals surface area contributed by atoms with Crippen LogP contribution in [-0.2, 0) is 4.79 Å². The van der Waals surface area contributed by atoms with Crippen LogP contribution in [0.1, 0.15) is 11.7 Å². The molecule has 2 N–H and O–H groups in total. The molecule has 1 aromatic heterocycles. The van der Waals surface area contributed by atoms with Crippen molar-refractivity contribution in [1.82, 2.24) is 10.5 Å². The molecule has 0 aliphatic carbocycles. The zero-order chi connectivity index (χ0) is 12.8. The number of ether oxygens (including phenoxy) is 1. The summed E-state index contributed by atoms with van der Waals surface area (Å²) in [5, 5.41) is 8.74. The summed E-state index contributed by atoms with van der Waals surface area (Å²) in [5.74, 6) is -0.332. The van der Waals surface area contributed by atoms with Crippen LogP contribution in [0, 0.1) is 0 Å². The Kier molecular flexibility index (Phi) is 3.88. The second kappa shape index (κ2) is 5.79. The van der Waals surface area contributed by atoms with E-state index in [1.165, 1.54) is 0 Å². The number of carbonyl (C=O) groups is 1. The lowest BCUT2D eigenvalue weighted by molar-refractivity contribution is -0.136. The van der Waals surface area contributed by atoms with E-state index in [4.69, 9.17) is 9.94 Å². The zero-order valence-corrected chi connectivity index (χ0v) is 9.48. The second-order valence-corrected chi connectivity index (χ2v) is 3.55. The molecular formula is C13H12N2O3. The summed E-state index contributed by atoms with van der Waals surface area (Å²) in [6, 6.07) is 14.0. The molecule has 1 heterocycles. The van der Waals surface area contributed by atoms with E-state index < -0.39 is 12.0 Å². The van der Waals surface area contributed by atoms with Gasteiger partial charge in [0, 0.05) is 17.8 Å². The quantitative estimate of drug-likeness (QED) is 0.634. The van der Waals surface area contributed by atoms with Gasteiger partial charge < -0.3 is 4.74 Å². The lowest BCUT2D eigenvalue weighted by Gasteiger charge is -2.16. The highest BCUT2D eigenvalue weighted by Crippen LogP contribution is 2.20. The largest absolute Gasteiger partial charge is 0.459 e. The molecule has 0 bridgehead atoms. The Bertz CT molecular complexity index is 502. The smallest absolute Gasteiger partial charge is 0.289 e. The fraction of sp³-hybridized carbons (Fsp3) is 0.0769. The molecule has 0 spiro atoms. The molecule has 0 radical (unpaired) electrons. The summed E-state index contributed by atoms with van der Waals surface area (Å²) in [4.78, 5) is 15.6. The van der Waals surface area contributed by atoms with E-state index in [9.17, 15) is 4.79 Å². The van der Waals surface area contributed by atoms with Gasteiger partial charge in [-0.15, -0.1) is 0 Å². The van der Waals surface area contributed by atoms with Crippen LogP contribution in [0.15, 0.2) is 54.7 Å². The van der Waals surface area contributed by atoms with Gasteiger partial charge in [-0.1, -0.05) is 36.4 Å². The number of amides is 1. The number of hydrogen-bond donors (Lipinski definition) is 2. The van der Waals surface area contributed by atoms with E-state index in [2.05, 4.69) is 4.98 Å². The minimum absolute atomic E-state index is 0.315. The van der Waals surface area contributed by atoms with E-state index in [0.29, 0.717) is 11.4 Å². The van der Waals surface area contributed by atoms with Gasteiger partial charge in [0.1, 0.15) is 0 Å². The maximum Gasteiger partial charge on any atom is 0.289 e. The number of nitrogens with one attached hydrogen (secondary N) is 1. The Morgan fingerprint density at radius 1 is 1.17 bits per heavy atom. The van der Waals surface area contributed by atoms with E-state index in [1.807, 2.05) is 6.07 Å². The minimum atomic E-state index is -0.939. The Labute approximate surface area is 104 Å². The Morgan fingerprint density at radius 2 is 1.89 bits per heavy atom. The SMILES string of the molecule is O=C(NO)C(Oc1ccccn1)c1ccccc1. The third kappa shape index (κ3) is 2.83. The van der Waals surface area contributed by atoms with Crippen LogP contribution in [0.2, 0.25) is 0 Å². The molecular weight excluding hydrogens is 232 g/mol. The van der Waals surface area contributed by atoms with Crippen molar-refractivity contribution in [2.45, 2.75) is 6.10 Å². The summed E-state index contributed by atoms with van der Waals surface area (Å²) < 4.78 is 5.47. The van der Waals surface area contributed by atoms with Crippen molar-refractivity contribution in [2.24, 2.45) is 0 Å². The third-order valence-corrected chi connectivity index (χ3v) is 2.33. The summed E-state index contributed by atoms with van der Waals surface area (Å²) in [6.45, 7) is 0. The molecule has 5 nitrogen and oxygen atoms in total. The molecule has 0 fully saturated rings. The molecule has 0 aliphatic rings. The summed E-state index contributed by atoms with van der Waals surface area (Å²) in [5.41, 5.74) is 2.23. The Balaban J connectivity index is 2.24.